The highest BCUT2D eigenvalue weighted by molar-refractivity contribution is 5.69. The molecule has 124 valence electrons. The minimum atomic E-state index is -0.0312. The van der Waals surface area contributed by atoms with Crippen molar-refractivity contribution >= 4 is 5.97 Å². The molecule has 1 saturated carbocycles. The number of hydrogen-bond acceptors (Lipinski definition) is 2. The molecule has 0 aliphatic heterocycles. The summed E-state index contributed by atoms with van der Waals surface area (Å²) in [6.45, 7) is 13.6. The highest BCUT2D eigenvalue weighted by atomic mass is 16.5. The molecule has 0 aromatic carbocycles. The Bertz CT molecular complexity index is 311. The Morgan fingerprint density at radius 1 is 1.24 bits per heavy atom. The summed E-state index contributed by atoms with van der Waals surface area (Å²) in [5.74, 6) is 4.11. The normalized spacial score (nSPS) is 30.6. The molecule has 0 amide bonds. The van der Waals surface area contributed by atoms with E-state index in [2.05, 4.69) is 34.6 Å². The molecule has 0 saturated heterocycles. The van der Waals surface area contributed by atoms with Crippen molar-refractivity contribution in [2.75, 3.05) is 0 Å². The Kier molecular flexibility index (Phi) is 7.76. The maximum atomic E-state index is 11.6. The van der Waals surface area contributed by atoms with Crippen LogP contribution in [0.2, 0.25) is 0 Å². The summed E-state index contributed by atoms with van der Waals surface area (Å²) in [6.07, 6.45) is 6.43. The lowest BCUT2D eigenvalue weighted by atomic mass is 9.79. The summed E-state index contributed by atoms with van der Waals surface area (Å²) in [4.78, 5) is 11.6. The first-order valence-electron chi connectivity index (χ1n) is 9.10. The van der Waals surface area contributed by atoms with Crippen LogP contribution < -0.4 is 0 Å². The number of esters is 1. The van der Waals surface area contributed by atoms with Gasteiger partial charge in [-0.05, 0) is 62.2 Å². The van der Waals surface area contributed by atoms with Crippen molar-refractivity contribution in [2.45, 2.75) is 86.2 Å². The summed E-state index contributed by atoms with van der Waals surface area (Å²) in [5.41, 5.74) is 0. The van der Waals surface area contributed by atoms with Gasteiger partial charge < -0.3 is 4.74 Å². The van der Waals surface area contributed by atoms with Gasteiger partial charge in [0.2, 0.25) is 0 Å². The van der Waals surface area contributed by atoms with Gasteiger partial charge in [-0.3, -0.25) is 4.79 Å². The van der Waals surface area contributed by atoms with Crippen molar-refractivity contribution in [1.29, 1.82) is 0 Å². The summed E-state index contributed by atoms with van der Waals surface area (Å²) < 4.78 is 5.50. The highest BCUT2D eigenvalue weighted by Crippen LogP contribution is 2.48. The van der Waals surface area contributed by atoms with E-state index in [-0.39, 0.29) is 12.1 Å². The zero-order valence-electron chi connectivity index (χ0n) is 15.0. The van der Waals surface area contributed by atoms with Gasteiger partial charge in [-0.15, -0.1) is 0 Å². The number of carbonyl (C=O) groups excluding carboxylic acids is 1. The SMILES string of the molecule is CCCC(=O)O[C@H](C)CC[C@H]1[C@H](C)[C@H](CC)C[C@@H]1C(C)C. The van der Waals surface area contributed by atoms with Crippen molar-refractivity contribution in [3.8, 4) is 0 Å². The van der Waals surface area contributed by atoms with Crippen LogP contribution in [0.3, 0.4) is 0 Å². The summed E-state index contributed by atoms with van der Waals surface area (Å²) in [6, 6.07) is 0. The number of ether oxygens (including phenoxy) is 1. The van der Waals surface area contributed by atoms with E-state index < -0.39 is 0 Å². The van der Waals surface area contributed by atoms with Crippen molar-refractivity contribution in [3.05, 3.63) is 0 Å². The third-order valence-corrected chi connectivity index (χ3v) is 5.62. The lowest BCUT2D eigenvalue weighted by Crippen LogP contribution is -2.22. The van der Waals surface area contributed by atoms with E-state index in [9.17, 15) is 4.79 Å². The van der Waals surface area contributed by atoms with Crippen LogP contribution in [-0.2, 0) is 9.53 Å². The molecule has 0 radical (unpaired) electrons. The predicted molar refractivity (Wildman–Crippen MR) is 89.1 cm³/mol. The molecular weight excluding hydrogens is 260 g/mol. The molecular formula is C19H36O2. The standard InChI is InChI=1S/C19H36O2/c1-7-9-19(20)21-14(5)10-11-17-15(6)16(8-2)12-18(17)13(3)4/h13-18H,7-12H2,1-6H3/t14-,15-,16-,17+,18-/m1/s1. The molecule has 0 aromatic heterocycles. The quantitative estimate of drug-likeness (QED) is 0.556. The lowest BCUT2D eigenvalue weighted by Gasteiger charge is -2.27. The zero-order chi connectivity index (χ0) is 16.0. The molecule has 1 fully saturated rings. The van der Waals surface area contributed by atoms with E-state index in [0.717, 1.165) is 42.4 Å². The molecule has 2 heteroatoms. The maximum absolute atomic E-state index is 11.6. The molecule has 0 spiro atoms. The third kappa shape index (κ3) is 5.30. The van der Waals surface area contributed by atoms with Gasteiger partial charge >= 0.3 is 5.97 Å². The molecule has 1 aliphatic rings. The van der Waals surface area contributed by atoms with Crippen LogP contribution >= 0.6 is 0 Å². The fraction of sp³-hybridized carbons (Fsp3) is 0.947. The second kappa shape index (κ2) is 8.80. The van der Waals surface area contributed by atoms with Gasteiger partial charge in [-0.2, -0.15) is 0 Å². The summed E-state index contributed by atoms with van der Waals surface area (Å²) in [5, 5.41) is 0. The van der Waals surface area contributed by atoms with Gasteiger partial charge in [0.15, 0.2) is 0 Å². The maximum Gasteiger partial charge on any atom is 0.306 e. The Morgan fingerprint density at radius 2 is 1.90 bits per heavy atom. The van der Waals surface area contributed by atoms with Gasteiger partial charge in [0.25, 0.3) is 0 Å². The van der Waals surface area contributed by atoms with Crippen molar-refractivity contribution in [3.63, 3.8) is 0 Å². The monoisotopic (exact) mass is 296 g/mol. The molecule has 2 nitrogen and oxygen atoms in total. The molecule has 0 aromatic rings. The molecule has 1 rings (SSSR count). The molecule has 0 bridgehead atoms. The molecule has 21 heavy (non-hydrogen) atoms. The fourth-order valence-electron chi connectivity index (χ4n) is 4.23. The minimum absolute atomic E-state index is 0.0312. The van der Waals surface area contributed by atoms with Gasteiger partial charge in [0.05, 0.1) is 6.10 Å². The number of carbonyl (C=O) groups is 1. The molecule has 0 unspecified atom stereocenters. The average molecular weight is 296 g/mol. The zero-order valence-corrected chi connectivity index (χ0v) is 15.0. The van der Waals surface area contributed by atoms with Crippen LogP contribution in [-0.4, -0.2) is 12.1 Å². The molecule has 1 aliphatic carbocycles. The highest BCUT2D eigenvalue weighted by Gasteiger charge is 2.40. The van der Waals surface area contributed by atoms with Gasteiger partial charge in [0.1, 0.15) is 0 Å². The Labute approximate surface area is 132 Å². The van der Waals surface area contributed by atoms with E-state index in [1.807, 2.05) is 6.92 Å². The van der Waals surface area contributed by atoms with Crippen LogP contribution in [0.5, 0.6) is 0 Å². The molecule has 5 atom stereocenters. The smallest absolute Gasteiger partial charge is 0.306 e. The Morgan fingerprint density at radius 3 is 2.43 bits per heavy atom. The lowest BCUT2D eigenvalue weighted by molar-refractivity contribution is -0.148. The van der Waals surface area contributed by atoms with Crippen LogP contribution in [0.1, 0.15) is 80.1 Å². The predicted octanol–water partition coefficient (Wildman–Crippen LogP) is 5.45. The molecule has 0 heterocycles. The van der Waals surface area contributed by atoms with Gasteiger partial charge in [-0.25, -0.2) is 0 Å². The van der Waals surface area contributed by atoms with E-state index in [4.69, 9.17) is 4.74 Å². The first-order chi connectivity index (χ1) is 9.90. The van der Waals surface area contributed by atoms with Gasteiger partial charge in [-0.1, -0.05) is 41.0 Å². The minimum Gasteiger partial charge on any atom is -0.463 e. The fourth-order valence-corrected chi connectivity index (χ4v) is 4.23. The second-order valence-corrected chi connectivity index (χ2v) is 7.46. The van der Waals surface area contributed by atoms with E-state index >= 15 is 0 Å². The van der Waals surface area contributed by atoms with Crippen molar-refractivity contribution in [1.82, 2.24) is 0 Å². The first-order valence-corrected chi connectivity index (χ1v) is 9.10. The number of hydrogen-bond donors (Lipinski definition) is 0. The second-order valence-electron chi connectivity index (χ2n) is 7.46. The molecule has 0 N–H and O–H groups in total. The largest absolute Gasteiger partial charge is 0.463 e. The van der Waals surface area contributed by atoms with Crippen molar-refractivity contribution in [2.24, 2.45) is 29.6 Å². The van der Waals surface area contributed by atoms with E-state index in [0.29, 0.717) is 6.42 Å². The summed E-state index contributed by atoms with van der Waals surface area (Å²) >= 11 is 0. The van der Waals surface area contributed by atoms with Crippen LogP contribution in [0.4, 0.5) is 0 Å². The Balaban J connectivity index is 2.49. The topological polar surface area (TPSA) is 26.3 Å². The first kappa shape index (κ1) is 18.5. The average Bonchev–Trinajstić information content (AvgIpc) is 2.73. The summed E-state index contributed by atoms with van der Waals surface area (Å²) in [7, 11) is 0. The third-order valence-electron chi connectivity index (χ3n) is 5.62. The van der Waals surface area contributed by atoms with Crippen LogP contribution in [0, 0.1) is 29.6 Å². The van der Waals surface area contributed by atoms with Gasteiger partial charge in [0, 0.05) is 6.42 Å². The number of rotatable bonds is 8. The van der Waals surface area contributed by atoms with E-state index in [1.54, 1.807) is 0 Å². The van der Waals surface area contributed by atoms with E-state index in [1.165, 1.54) is 19.3 Å². The van der Waals surface area contributed by atoms with Crippen LogP contribution in [0.15, 0.2) is 0 Å². The Hall–Kier alpha value is -0.530. The van der Waals surface area contributed by atoms with Crippen molar-refractivity contribution < 1.29 is 9.53 Å². The van der Waals surface area contributed by atoms with Crippen LogP contribution in [0.25, 0.3) is 0 Å².